The number of aliphatic hydroxyl groups excluding tert-OH is 1. The smallest absolute Gasteiger partial charge is 0.0611 e. The van der Waals surface area contributed by atoms with Gasteiger partial charge in [0, 0.05) is 5.54 Å². The normalized spacial score (nSPS) is 28.4. The zero-order chi connectivity index (χ0) is 17.0. The fourth-order valence-corrected chi connectivity index (χ4v) is 4.80. The first-order valence-corrected chi connectivity index (χ1v) is 10.1. The molecule has 3 rings (SSSR count). The number of hydrogen-bond acceptors (Lipinski definition) is 2. The third-order valence-electron chi connectivity index (χ3n) is 6.46. The standard InChI is InChI=1S/C22H35NO.ClH/c1-2-3-4-5-6-17-7-8-19-14-20(10-9-18(19)13-17)21-11-12-22(23,15-21)16-24;/h9-10,14,17,21,24H,2-8,11-13,15-16,23H2,1H3;1H/t17-,21+,22-;/m1./s1. The van der Waals surface area contributed by atoms with Crippen LogP contribution in [0.25, 0.3) is 0 Å². The third kappa shape index (κ3) is 5.21. The van der Waals surface area contributed by atoms with Crippen LogP contribution in [0.15, 0.2) is 18.2 Å². The monoisotopic (exact) mass is 365 g/mol. The average molecular weight is 366 g/mol. The van der Waals surface area contributed by atoms with E-state index < -0.39 is 0 Å². The van der Waals surface area contributed by atoms with Crippen LogP contribution < -0.4 is 5.73 Å². The molecule has 0 aliphatic heterocycles. The van der Waals surface area contributed by atoms with Crippen LogP contribution in [0.2, 0.25) is 0 Å². The maximum absolute atomic E-state index is 9.49. The fourth-order valence-electron chi connectivity index (χ4n) is 4.80. The summed E-state index contributed by atoms with van der Waals surface area (Å²) in [5.74, 6) is 1.44. The Morgan fingerprint density at radius 1 is 1.16 bits per heavy atom. The van der Waals surface area contributed by atoms with Gasteiger partial charge in [-0.2, -0.15) is 0 Å². The van der Waals surface area contributed by atoms with Crippen molar-refractivity contribution in [3.05, 3.63) is 34.9 Å². The Morgan fingerprint density at radius 3 is 2.72 bits per heavy atom. The number of halogens is 1. The Labute approximate surface area is 160 Å². The van der Waals surface area contributed by atoms with Gasteiger partial charge in [-0.25, -0.2) is 0 Å². The summed E-state index contributed by atoms with van der Waals surface area (Å²) in [6, 6.07) is 7.18. The summed E-state index contributed by atoms with van der Waals surface area (Å²) in [5.41, 5.74) is 10.5. The highest BCUT2D eigenvalue weighted by molar-refractivity contribution is 5.85. The van der Waals surface area contributed by atoms with Gasteiger partial charge in [0.05, 0.1) is 6.61 Å². The fraction of sp³-hybridized carbons (Fsp3) is 0.727. The highest BCUT2D eigenvalue weighted by Gasteiger charge is 2.36. The molecule has 25 heavy (non-hydrogen) atoms. The number of aryl methyl sites for hydroxylation is 1. The van der Waals surface area contributed by atoms with Crippen LogP contribution in [0.1, 0.15) is 87.3 Å². The molecule has 142 valence electrons. The number of hydrogen-bond donors (Lipinski definition) is 2. The van der Waals surface area contributed by atoms with Crippen molar-refractivity contribution < 1.29 is 5.11 Å². The molecule has 0 saturated heterocycles. The van der Waals surface area contributed by atoms with Crippen molar-refractivity contribution in [3.63, 3.8) is 0 Å². The van der Waals surface area contributed by atoms with Crippen LogP contribution in [0.4, 0.5) is 0 Å². The lowest BCUT2D eigenvalue weighted by Gasteiger charge is -2.26. The van der Waals surface area contributed by atoms with Gasteiger partial charge >= 0.3 is 0 Å². The van der Waals surface area contributed by atoms with Crippen molar-refractivity contribution in [1.82, 2.24) is 0 Å². The largest absolute Gasteiger partial charge is 0.394 e. The van der Waals surface area contributed by atoms with E-state index in [1.54, 1.807) is 11.1 Å². The molecule has 0 bridgehead atoms. The Hall–Kier alpha value is -0.570. The SMILES string of the molecule is CCCCCC[C@@H]1CCc2cc([C@H]3CC[C@](N)(CO)C3)ccc2C1.Cl. The molecule has 1 aromatic carbocycles. The molecule has 1 fully saturated rings. The van der Waals surface area contributed by atoms with E-state index in [-0.39, 0.29) is 24.6 Å². The molecule has 3 atom stereocenters. The van der Waals surface area contributed by atoms with Crippen LogP contribution in [-0.2, 0) is 12.8 Å². The van der Waals surface area contributed by atoms with E-state index in [1.165, 1.54) is 56.9 Å². The molecule has 2 nitrogen and oxygen atoms in total. The van der Waals surface area contributed by atoms with E-state index >= 15 is 0 Å². The van der Waals surface area contributed by atoms with E-state index in [9.17, 15) is 5.11 Å². The van der Waals surface area contributed by atoms with Gasteiger partial charge < -0.3 is 10.8 Å². The summed E-state index contributed by atoms with van der Waals surface area (Å²) in [5, 5.41) is 9.49. The molecule has 1 aromatic rings. The van der Waals surface area contributed by atoms with Gasteiger partial charge in [0.2, 0.25) is 0 Å². The van der Waals surface area contributed by atoms with E-state index in [0.717, 1.165) is 25.2 Å². The van der Waals surface area contributed by atoms with Crippen molar-refractivity contribution in [3.8, 4) is 0 Å². The Bertz CT molecular complexity index is 547. The second-order valence-corrected chi connectivity index (χ2v) is 8.45. The minimum Gasteiger partial charge on any atom is -0.394 e. The van der Waals surface area contributed by atoms with E-state index in [2.05, 4.69) is 25.1 Å². The number of nitrogens with two attached hydrogens (primary N) is 1. The lowest BCUT2D eigenvalue weighted by atomic mass is 9.79. The zero-order valence-corrected chi connectivity index (χ0v) is 16.6. The number of rotatable bonds is 7. The first-order chi connectivity index (χ1) is 11.6. The lowest BCUT2D eigenvalue weighted by molar-refractivity contribution is 0.198. The van der Waals surface area contributed by atoms with Gasteiger partial charge in [0.25, 0.3) is 0 Å². The van der Waals surface area contributed by atoms with E-state index in [4.69, 9.17) is 5.73 Å². The molecule has 0 spiro atoms. The van der Waals surface area contributed by atoms with Crippen molar-refractivity contribution in [2.24, 2.45) is 11.7 Å². The molecular formula is C22H36ClNO. The highest BCUT2D eigenvalue weighted by atomic mass is 35.5. The van der Waals surface area contributed by atoms with Gasteiger partial charge in [-0.3, -0.25) is 0 Å². The Morgan fingerprint density at radius 2 is 2.00 bits per heavy atom. The van der Waals surface area contributed by atoms with Crippen LogP contribution in [0.5, 0.6) is 0 Å². The number of benzene rings is 1. The van der Waals surface area contributed by atoms with Crippen molar-refractivity contribution >= 4 is 12.4 Å². The van der Waals surface area contributed by atoms with Crippen LogP contribution in [0, 0.1) is 5.92 Å². The number of aliphatic hydroxyl groups is 1. The second-order valence-electron chi connectivity index (χ2n) is 8.45. The lowest BCUT2D eigenvalue weighted by Crippen LogP contribution is -2.40. The molecule has 0 aromatic heterocycles. The molecule has 2 aliphatic rings. The highest BCUT2D eigenvalue weighted by Crippen LogP contribution is 2.40. The van der Waals surface area contributed by atoms with Gasteiger partial charge in [-0.05, 0) is 67.1 Å². The van der Waals surface area contributed by atoms with Gasteiger partial charge in [-0.1, -0.05) is 57.2 Å². The Balaban J connectivity index is 0.00000225. The summed E-state index contributed by atoms with van der Waals surface area (Å²) in [4.78, 5) is 0. The number of fused-ring (bicyclic) bond motifs is 1. The van der Waals surface area contributed by atoms with Crippen molar-refractivity contribution in [2.45, 2.75) is 89.0 Å². The molecular weight excluding hydrogens is 330 g/mol. The molecule has 3 heteroatoms. The first kappa shape index (κ1) is 20.7. The molecule has 1 saturated carbocycles. The molecule has 0 unspecified atom stereocenters. The maximum Gasteiger partial charge on any atom is 0.0611 e. The van der Waals surface area contributed by atoms with Crippen LogP contribution in [-0.4, -0.2) is 17.3 Å². The molecule has 0 heterocycles. The second kappa shape index (κ2) is 9.39. The topological polar surface area (TPSA) is 46.2 Å². The first-order valence-electron chi connectivity index (χ1n) is 10.1. The Kier molecular flexibility index (Phi) is 7.79. The maximum atomic E-state index is 9.49. The van der Waals surface area contributed by atoms with Crippen LogP contribution >= 0.6 is 12.4 Å². The summed E-state index contributed by atoms with van der Waals surface area (Å²) < 4.78 is 0. The zero-order valence-electron chi connectivity index (χ0n) is 15.8. The van der Waals surface area contributed by atoms with E-state index in [0.29, 0.717) is 5.92 Å². The van der Waals surface area contributed by atoms with Crippen LogP contribution in [0.3, 0.4) is 0 Å². The van der Waals surface area contributed by atoms with Gasteiger partial charge in [0.1, 0.15) is 0 Å². The number of unbranched alkanes of at least 4 members (excludes halogenated alkanes) is 3. The quantitative estimate of drug-likeness (QED) is 0.657. The summed E-state index contributed by atoms with van der Waals surface area (Å²) in [6.45, 7) is 2.40. The third-order valence-corrected chi connectivity index (χ3v) is 6.46. The average Bonchev–Trinajstić information content (AvgIpc) is 3.01. The summed E-state index contributed by atoms with van der Waals surface area (Å²) >= 11 is 0. The molecule has 0 radical (unpaired) electrons. The van der Waals surface area contributed by atoms with Gasteiger partial charge in [0.15, 0.2) is 0 Å². The van der Waals surface area contributed by atoms with Gasteiger partial charge in [-0.15, -0.1) is 12.4 Å². The van der Waals surface area contributed by atoms with Crippen molar-refractivity contribution in [1.29, 1.82) is 0 Å². The molecule has 2 aliphatic carbocycles. The minimum absolute atomic E-state index is 0. The molecule has 0 amide bonds. The predicted octanol–water partition coefficient (Wildman–Crippen LogP) is 5.14. The van der Waals surface area contributed by atoms with Crippen molar-refractivity contribution in [2.75, 3.05) is 6.61 Å². The minimum atomic E-state index is -0.343. The summed E-state index contributed by atoms with van der Waals surface area (Å²) in [6.07, 6.45) is 13.9. The summed E-state index contributed by atoms with van der Waals surface area (Å²) in [7, 11) is 0. The van der Waals surface area contributed by atoms with E-state index in [1.807, 2.05) is 0 Å². The predicted molar refractivity (Wildman–Crippen MR) is 109 cm³/mol. The molecule has 3 N–H and O–H groups in total.